The Kier molecular flexibility index (Phi) is 5.10. The van der Waals surface area contributed by atoms with Crippen molar-refractivity contribution in [2.45, 2.75) is 57.4 Å². The van der Waals surface area contributed by atoms with Crippen LogP contribution >= 0.6 is 0 Å². The minimum atomic E-state index is -0.182. The van der Waals surface area contributed by atoms with Crippen LogP contribution < -0.4 is 10.9 Å². The van der Waals surface area contributed by atoms with Crippen molar-refractivity contribution in [3.05, 3.63) is 52.6 Å². The summed E-state index contributed by atoms with van der Waals surface area (Å²) < 4.78 is 0. The Morgan fingerprint density at radius 1 is 1.11 bits per heavy atom. The zero-order valence-electron chi connectivity index (χ0n) is 15.8. The molecular formula is C22H27N3O2. The van der Waals surface area contributed by atoms with E-state index in [1.807, 2.05) is 18.2 Å². The van der Waals surface area contributed by atoms with Gasteiger partial charge in [-0.3, -0.25) is 9.59 Å². The highest BCUT2D eigenvalue weighted by atomic mass is 16.2. The normalized spacial score (nSPS) is 28.2. The van der Waals surface area contributed by atoms with Crippen molar-refractivity contribution in [2.24, 2.45) is 11.8 Å². The molecule has 5 heteroatoms. The number of fused-ring (bicyclic) bond motifs is 1. The highest BCUT2D eigenvalue weighted by Gasteiger charge is 2.33. The standard InChI is InChI=1S/C22H27N3O2/c1-14-10-12-15(13-11-14)23-21(26)17-7-3-2-6-16(17)20-24-19-9-5-4-8-18(19)22(27)25-20/h2-5,8-9,14-17H,6-7,10-13H2,1H3,(H,23,26)(H,24,25,27). The Balaban J connectivity index is 1.57. The van der Waals surface area contributed by atoms with Gasteiger partial charge in [-0.15, -0.1) is 0 Å². The summed E-state index contributed by atoms with van der Waals surface area (Å²) in [5, 5.41) is 3.86. The predicted molar refractivity (Wildman–Crippen MR) is 107 cm³/mol. The number of aromatic amines is 1. The molecule has 4 rings (SSSR count). The average molecular weight is 365 g/mol. The summed E-state index contributed by atoms with van der Waals surface area (Å²) in [6.07, 6.45) is 10.1. The highest BCUT2D eigenvalue weighted by Crippen LogP contribution is 2.33. The molecule has 1 saturated carbocycles. The Morgan fingerprint density at radius 2 is 1.85 bits per heavy atom. The van der Waals surface area contributed by atoms with Crippen molar-refractivity contribution in [2.75, 3.05) is 0 Å². The molecule has 1 amide bonds. The van der Waals surface area contributed by atoms with Gasteiger partial charge in [-0.05, 0) is 56.6 Å². The van der Waals surface area contributed by atoms with Crippen LogP contribution in [-0.4, -0.2) is 21.9 Å². The third kappa shape index (κ3) is 3.82. The Bertz CT molecular complexity index is 909. The molecule has 1 fully saturated rings. The first-order chi connectivity index (χ1) is 13.1. The summed E-state index contributed by atoms with van der Waals surface area (Å²) in [7, 11) is 0. The van der Waals surface area contributed by atoms with Gasteiger partial charge in [-0.2, -0.15) is 0 Å². The van der Waals surface area contributed by atoms with E-state index >= 15 is 0 Å². The number of hydrogen-bond donors (Lipinski definition) is 2. The molecule has 2 N–H and O–H groups in total. The molecule has 1 aromatic carbocycles. The maximum Gasteiger partial charge on any atom is 0.258 e. The number of nitrogens with one attached hydrogen (secondary N) is 2. The van der Waals surface area contributed by atoms with E-state index in [1.165, 1.54) is 12.8 Å². The van der Waals surface area contributed by atoms with Gasteiger partial charge in [0.25, 0.3) is 5.56 Å². The van der Waals surface area contributed by atoms with Gasteiger partial charge in [-0.25, -0.2) is 4.98 Å². The number of amides is 1. The van der Waals surface area contributed by atoms with Crippen LogP contribution in [0.25, 0.3) is 10.9 Å². The van der Waals surface area contributed by atoms with Gasteiger partial charge in [0.05, 0.1) is 16.8 Å². The van der Waals surface area contributed by atoms with Gasteiger partial charge in [0.15, 0.2) is 0 Å². The molecule has 0 saturated heterocycles. The molecule has 2 aliphatic carbocycles. The number of allylic oxidation sites excluding steroid dienone is 2. The molecule has 0 aliphatic heterocycles. The lowest BCUT2D eigenvalue weighted by molar-refractivity contribution is -0.126. The minimum absolute atomic E-state index is 0.0881. The molecule has 2 atom stereocenters. The lowest BCUT2D eigenvalue weighted by Crippen LogP contribution is -2.43. The molecule has 0 radical (unpaired) electrons. The van der Waals surface area contributed by atoms with E-state index in [4.69, 9.17) is 0 Å². The molecule has 1 aromatic heterocycles. The zero-order valence-corrected chi connectivity index (χ0v) is 15.8. The predicted octanol–water partition coefficient (Wildman–Crippen LogP) is 3.67. The van der Waals surface area contributed by atoms with Crippen molar-refractivity contribution >= 4 is 16.8 Å². The number of nitrogens with zero attached hydrogens (tertiary/aromatic N) is 1. The van der Waals surface area contributed by atoms with E-state index in [1.54, 1.807) is 6.07 Å². The summed E-state index contributed by atoms with van der Waals surface area (Å²) in [4.78, 5) is 33.1. The van der Waals surface area contributed by atoms with Crippen LogP contribution in [-0.2, 0) is 4.79 Å². The van der Waals surface area contributed by atoms with Gasteiger partial charge in [0, 0.05) is 12.0 Å². The van der Waals surface area contributed by atoms with Crippen molar-refractivity contribution < 1.29 is 4.79 Å². The number of H-pyrrole nitrogens is 1. The second-order valence-corrected chi connectivity index (χ2v) is 8.09. The summed E-state index contributed by atoms with van der Waals surface area (Å²) in [5.41, 5.74) is 0.553. The van der Waals surface area contributed by atoms with Crippen LogP contribution in [0.5, 0.6) is 0 Å². The van der Waals surface area contributed by atoms with Crippen LogP contribution in [0.3, 0.4) is 0 Å². The van der Waals surface area contributed by atoms with Crippen LogP contribution in [0, 0.1) is 11.8 Å². The van der Waals surface area contributed by atoms with Crippen LogP contribution in [0.15, 0.2) is 41.2 Å². The van der Waals surface area contributed by atoms with Crippen molar-refractivity contribution in [1.82, 2.24) is 15.3 Å². The summed E-state index contributed by atoms with van der Waals surface area (Å²) >= 11 is 0. The van der Waals surface area contributed by atoms with E-state index in [9.17, 15) is 9.59 Å². The van der Waals surface area contributed by atoms with E-state index in [0.717, 1.165) is 25.2 Å². The number of benzene rings is 1. The van der Waals surface area contributed by atoms with Crippen LogP contribution in [0.1, 0.15) is 57.2 Å². The summed E-state index contributed by atoms with van der Waals surface area (Å²) in [6.45, 7) is 2.28. The van der Waals surface area contributed by atoms with E-state index in [2.05, 4.69) is 34.4 Å². The lowest BCUT2D eigenvalue weighted by Gasteiger charge is -2.31. The average Bonchev–Trinajstić information content (AvgIpc) is 2.70. The van der Waals surface area contributed by atoms with Gasteiger partial charge >= 0.3 is 0 Å². The van der Waals surface area contributed by atoms with Crippen LogP contribution in [0.2, 0.25) is 0 Å². The first-order valence-electron chi connectivity index (χ1n) is 10.1. The molecule has 2 aliphatic rings. The molecule has 142 valence electrons. The molecule has 0 spiro atoms. The molecular weight excluding hydrogens is 338 g/mol. The monoisotopic (exact) mass is 365 g/mol. The van der Waals surface area contributed by atoms with Crippen molar-refractivity contribution in [1.29, 1.82) is 0 Å². The fourth-order valence-corrected chi connectivity index (χ4v) is 4.40. The lowest BCUT2D eigenvalue weighted by atomic mass is 9.81. The van der Waals surface area contributed by atoms with Gasteiger partial charge < -0.3 is 10.3 Å². The smallest absolute Gasteiger partial charge is 0.258 e. The van der Waals surface area contributed by atoms with E-state index in [0.29, 0.717) is 23.1 Å². The molecule has 2 unspecified atom stereocenters. The SMILES string of the molecule is CC1CCC(NC(=O)C2CC=CCC2c2nc3ccccc3c(=O)[nH]2)CC1. The molecule has 5 nitrogen and oxygen atoms in total. The Hall–Kier alpha value is -2.43. The Morgan fingerprint density at radius 3 is 2.67 bits per heavy atom. The van der Waals surface area contributed by atoms with Gasteiger partial charge in [0.1, 0.15) is 5.82 Å². The maximum absolute atomic E-state index is 13.0. The number of aromatic nitrogens is 2. The van der Waals surface area contributed by atoms with E-state index in [-0.39, 0.29) is 29.3 Å². The number of carbonyl (C=O) groups is 1. The van der Waals surface area contributed by atoms with Crippen molar-refractivity contribution in [3.8, 4) is 0 Å². The number of hydrogen-bond acceptors (Lipinski definition) is 3. The third-order valence-corrected chi connectivity index (χ3v) is 6.11. The minimum Gasteiger partial charge on any atom is -0.353 e. The molecule has 2 aromatic rings. The fraction of sp³-hybridized carbons (Fsp3) is 0.500. The topological polar surface area (TPSA) is 74.8 Å². The molecule has 1 heterocycles. The van der Waals surface area contributed by atoms with Gasteiger partial charge in [-0.1, -0.05) is 31.2 Å². The Labute approximate surface area is 159 Å². The largest absolute Gasteiger partial charge is 0.353 e. The highest BCUT2D eigenvalue weighted by molar-refractivity contribution is 5.81. The second kappa shape index (κ2) is 7.67. The van der Waals surface area contributed by atoms with E-state index < -0.39 is 0 Å². The quantitative estimate of drug-likeness (QED) is 0.815. The number of para-hydroxylation sites is 1. The zero-order chi connectivity index (χ0) is 18.8. The second-order valence-electron chi connectivity index (χ2n) is 8.09. The molecule has 0 bridgehead atoms. The summed E-state index contributed by atoms with van der Waals surface area (Å²) in [5.74, 6) is 1.21. The third-order valence-electron chi connectivity index (χ3n) is 6.11. The molecule has 27 heavy (non-hydrogen) atoms. The van der Waals surface area contributed by atoms with Crippen LogP contribution in [0.4, 0.5) is 0 Å². The maximum atomic E-state index is 13.0. The first-order valence-corrected chi connectivity index (χ1v) is 10.1. The number of carbonyl (C=O) groups excluding carboxylic acids is 1. The van der Waals surface area contributed by atoms with Gasteiger partial charge in [0.2, 0.25) is 5.91 Å². The number of rotatable bonds is 3. The fourth-order valence-electron chi connectivity index (χ4n) is 4.40. The summed E-state index contributed by atoms with van der Waals surface area (Å²) in [6, 6.07) is 7.63. The first kappa shape index (κ1) is 18.0. The van der Waals surface area contributed by atoms with Crippen molar-refractivity contribution in [3.63, 3.8) is 0 Å².